The second kappa shape index (κ2) is 10.5. The van der Waals surface area contributed by atoms with Gasteiger partial charge >= 0.3 is 0 Å². The van der Waals surface area contributed by atoms with Gasteiger partial charge in [0.2, 0.25) is 0 Å². The highest BCUT2D eigenvalue weighted by Gasteiger charge is 2.21. The predicted molar refractivity (Wildman–Crippen MR) is 134 cm³/mol. The molecule has 0 aliphatic carbocycles. The van der Waals surface area contributed by atoms with Gasteiger partial charge in [-0.2, -0.15) is 0 Å². The predicted octanol–water partition coefficient (Wildman–Crippen LogP) is 5.27. The number of rotatable bonds is 9. The van der Waals surface area contributed by atoms with Crippen molar-refractivity contribution in [2.75, 3.05) is 5.32 Å². The van der Waals surface area contributed by atoms with Crippen LogP contribution in [0.15, 0.2) is 60.8 Å². The topological polar surface area (TPSA) is 110 Å². The summed E-state index contributed by atoms with van der Waals surface area (Å²) < 4.78 is 34.1. The van der Waals surface area contributed by atoms with Gasteiger partial charge in [-0.25, -0.2) is 13.8 Å². The van der Waals surface area contributed by atoms with Crippen molar-refractivity contribution < 1.29 is 23.4 Å². The maximum Gasteiger partial charge on any atom is 0.251 e. The first-order valence-electron chi connectivity index (χ1n) is 11.0. The molecular formula is C26H24F2N4O3S. The van der Waals surface area contributed by atoms with Gasteiger partial charge < -0.3 is 20.9 Å². The summed E-state index contributed by atoms with van der Waals surface area (Å²) in [4.78, 5) is 21.0. The fraction of sp³-hybridized carbons (Fsp3) is 0.192. The first kappa shape index (κ1) is 25.4. The van der Waals surface area contributed by atoms with Gasteiger partial charge in [0.15, 0.2) is 0 Å². The second-order valence-corrected chi connectivity index (χ2v) is 9.59. The molecule has 3 aromatic heterocycles. The largest absolute Gasteiger partial charge is 0.386 e. The van der Waals surface area contributed by atoms with Gasteiger partial charge in [0, 0.05) is 16.6 Å². The van der Waals surface area contributed by atoms with Gasteiger partial charge in [-0.3, -0.25) is 9.78 Å². The smallest absolute Gasteiger partial charge is 0.251 e. The molecular weight excluding hydrogens is 486 g/mol. The standard InChI is InChI=1S/C26H24F2N4O3S/c1-26(2,34)15-8-9-17(20(28)11-15)22-12-18(24(29)33)25(36-22)32-23-7-3-5-16(31-23)13-35-14-21-19(27)6-4-10-30-21/h3-12,34H,13-14H2,1-2H3,(H2,29,33)(H,31,32). The van der Waals surface area contributed by atoms with E-state index in [0.29, 0.717) is 27.0 Å². The number of nitrogens with zero attached hydrogens (tertiary/aromatic N) is 2. The first-order chi connectivity index (χ1) is 17.1. The van der Waals surface area contributed by atoms with Crippen LogP contribution in [0.1, 0.15) is 41.2 Å². The lowest BCUT2D eigenvalue weighted by atomic mass is 9.96. The van der Waals surface area contributed by atoms with Gasteiger partial charge in [0.25, 0.3) is 5.91 Å². The number of hydrogen-bond acceptors (Lipinski definition) is 7. The SMILES string of the molecule is CC(C)(O)c1ccc(-c2cc(C(N)=O)c(Nc3cccc(COCc4ncccc4F)n3)s2)c(F)c1. The van der Waals surface area contributed by atoms with Crippen LogP contribution in [0.2, 0.25) is 0 Å². The fourth-order valence-electron chi connectivity index (χ4n) is 3.42. The summed E-state index contributed by atoms with van der Waals surface area (Å²) in [7, 11) is 0. The summed E-state index contributed by atoms with van der Waals surface area (Å²) in [6.07, 6.45) is 1.49. The molecule has 7 nitrogen and oxygen atoms in total. The Morgan fingerprint density at radius 3 is 2.61 bits per heavy atom. The lowest BCUT2D eigenvalue weighted by molar-refractivity contribution is 0.0782. The number of amides is 1. The third kappa shape index (κ3) is 5.91. The molecule has 0 spiro atoms. The highest BCUT2D eigenvalue weighted by molar-refractivity contribution is 7.19. The zero-order valence-corrected chi connectivity index (χ0v) is 20.4. The molecule has 1 amide bonds. The van der Waals surface area contributed by atoms with E-state index in [-0.39, 0.29) is 30.0 Å². The van der Waals surface area contributed by atoms with Crippen molar-refractivity contribution in [2.45, 2.75) is 32.7 Å². The molecule has 4 aromatic rings. The maximum absolute atomic E-state index is 14.9. The number of hydrogen-bond donors (Lipinski definition) is 3. The Hall–Kier alpha value is -3.73. The third-order valence-electron chi connectivity index (χ3n) is 5.31. The second-order valence-electron chi connectivity index (χ2n) is 8.54. The molecule has 0 aliphatic rings. The van der Waals surface area contributed by atoms with Crippen LogP contribution >= 0.6 is 11.3 Å². The molecule has 0 bridgehead atoms. The number of pyridine rings is 2. The fourth-order valence-corrected chi connectivity index (χ4v) is 4.52. The van der Waals surface area contributed by atoms with Crippen LogP contribution in [0.4, 0.5) is 19.6 Å². The summed E-state index contributed by atoms with van der Waals surface area (Å²) in [5.41, 5.74) is 6.05. The van der Waals surface area contributed by atoms with Crippen molar-refractivity contribution in [3.8, 4) is 10.4 Å². The third-order valence-corrected chi connectivity index (χ3v) is 6.39. The minimum Gasteiger partial charge on any atom is -0.386 e. The van der Waals surface area contributed by atoms with E-state index < -0.39 is 23.1 Å². The molecule has 0 radical (unpaired) electrons. The van der Waals surface area contributed by atoms with Crippen molar-refractivity contribution in [3.63, 3.8) is 0 Å². The van der Waals surface area contributed by atoms with Crippen molar-refractivity contribution >= 4 is 28.1 Å². The number of aliphatic hydroxyl groups is 1. The Morgan fingerprint density at radius 1 is 1.11 bits per heavy atom. The number of thiophene rings is 1. The van der Waals surface area contributed by atoms with Gasteiger partial charge in [-0.15, -0.1) is 11.3 Å². The number of halogens is 2. The highest BCUT2D eigenvalue weighted by atomic mass is 32.1. The zero-order valence-electron chi connectivity index (χ0n) is 19.6. The van der Waals surface area contributed by atoms with E-state index in [2.05, 4.69) is 15.3 Å². The van der Waals surface area contributed by atoms with E-state index in [1.54, 1.807) is 44.2 Å². The molecule has 0 saturated carbocycles. The van der Waals surface area contributed by atoms with Crippen molar-refractivity contribution in [1.29, 1.82) is 0 Å². The quantitative estimate of drug-likeness (QED) is 0.283. The van der Waals surface area contributed by atoms with Crippen LogP contribution in [0.5, 0.6) is 0 Å². The van der Waals surface area contributed by atoms with E-state index >= 15 is 0 Å². The molecule has 0 atom stereocenters. The molecule has 186 valence electrons. The number of aromatic nitrogens is 2. The summed E-state index contributed by atoms with van der Waals surface area (Å²) in [5.74, 6) is -1.22. The number of primary amides is 1. The van der Waals surface area contributed by atoms with Gasteiger partial charge in [0.05, 0.1) is 30.1 Å². The minimum atomic E-state index is -1.19. The van der Waals surface area contributed by atoms with Crippen LogP contribution in [0, 0.1) is 11.6 Å². The number of nitrogens with one attached hydrogen (secondary N) is 1. The molecule has 0 fully saturated rings. The lowest BCUT2D eigenvalue weighted by Crippen LogP contribution is -2.15. The summed E-state index contributed by atoms with van der Waals surface area (Å²) in [6, 6.07) is 14.0. The molecule has 0 unspecified atom stereocenters. The number of benzene rings is 1. The Labute approximate surface area is 210 Å². The van der Waals surface area contributed by atoms with E-state index in [1.807, 2.05) is 0 Å². The van der Waals surface area contributed by atoms with Gasteiger partial charge in [0.1, 0.15) is 28.1 Å². The maximum atomic E-state index is 14.9. The Bertz CT molecular complexity index is 1400. The van der Waals surface area contributed by atoms with Crippen LogP contribution in [-0.4, -0.2) is 21.0 Å². The molecule has 4 rings (SSSR count). The van der Waals surface area contributed by atoms with Gasteiger partial charge in [-0.05, 0) is 55.8 Å². The summed E-state index contributed by atoms with van der Waals surface area (Å²) in [6.45, 7) is 3.25. The van der Waals surface area contributed by atoms with Crippen LogP contribution in [0.25, 0.3) is 10.4 Å². The van der Waals surface area contributed by atoms with Crippen molar-refractivity contribution in [3.05, 3.63) is 94.9 Å². The van der Waals surface area contributed by atoms with Crippen LogP contribution < -0.4 is 11.1 Å². The lowest BCUT2D eigenvalue weighted by Gasteiger charge is -2.18. The van der Waals surface area contributed by atoms with Crippen LogP contribution in [0.3, 0.4) is 0 Å². The van der Waals surface area contributed by atoms with E-state index in [0.717, 1.165) is 11.3 Å². The Balaban J connectivity index is 1.52. The van der Waals surface area contributed by atoms with E-state index in [9.17, 15) is 18.7 Å². The van der Waals surface area contributed by atoms with Crippen molar-refractivity contribution in [1.82, 2.24) is 9.97 Å². The molecule has 4 N–H and O–H groups in total. The first-order valence-corrected chi connectivity index (χ1v) is 11.8. The number of carbonyl (C=O) groups excluding carboxylic acids is 1. The average molecular weight is 511 g/mol. The molecule has 36 heavy (non-hydrogen) atoms. The molecule has 0 aliphatic heterocycles. The summed E-state index contributed by atoms with van der Waals surface area (Å²) in [5, 5.41) is 13.6. The number of ether oxygens (including phenoxy) is 1. The number of nitrogens with two attached hydrogens (primary N) is 1. The number of anilines is 2. The highest BCUT2D eigenvalue weighted by Crippen LogP contribution is 2.38. The van der Waals surface area contributed by atoms with Crippen molar-refractivity contribution in [2.24, 2.45) is 5.73 Å². The Kier molecular flexibility index (Phi) is 7.39. The normalized spacial score (nSPS) is 11.5. The Morgan fingerprint density at radius 2 is 1.92 bits per heavy atom. The molecule has 10 heteroatoms. The summed E-state index contributed by atoms with van der Waals surface area (Å²) >= 11 is 1.15. The van der Waals surface area contributed by atoms with E-state index in [1.165, 1.54) is 30.5 Å². The number of carbonyl (C=O) groups is 1. The molecule has 3 heterocycles. The monoisotopic (exact) mass is 510 g/mol. The van der Waals surface area contributed by atoms with E-state index in [4.69, 9.17) is 10.5 Å². The van der Waals surface area contributed by atoms with Crippen LogP contribution in [-0.2, 0) is 23.6 Å². The van der Waals surface area contributed by atoms with Gasteiger partial charge in [-0.1, -0.05) is 18.2 Å². The average Bonchev–Trinajstić information content (AvgIpc) is 3.23. The molecule has 0 saturated heterocycles. The minimum absolute atomic E-state index is 0.00998. The zero-order chi connectivity index (χ0) is 25.9. The molecule has 1 aromatic carbocycles.